The van der Waals surface area contributed by atoms with E-state index >= 15 is 0 Å². The maximum atomic E-state index is 8.70. The van der Waals surface area contributed by atoms with Crippen molar-refractivity contribution in [2.24, 2.45) is 0 Å². The summed E-state index contributed by atoms with van der Waals surface area (Å²) in [6, 6.07) is -3.47. The highest BCUT2D eigenvalue weighted by molar-refractivity contribution is 6.62. The van der Waals surface area contributed by atoms with Crippen LogP contribution in [-0.4, -0.2) is 31.3 Å². The van der Waals surface area contributed by atoms with E-state index in [9.17, 15) is 0 Å². The molecule has 3 rings (SSSR count). The molecule has 0 N–H and O–H groups in total. The largest absolute Gasteiger partial charge is 0.494 e. The lowest BCUT2D eigenvalue weighted by molar-refractivity contribution is 0.00578. The maximum absolute atomic E-state index is 8.70. The van der Waals surface area contributed by atoms with Crippen molar-refractivity contribution in [3.8, 4) is 0 Å². The molecule has 0 radical (unpaired) electrons. The molecule has 0 atom stereocenters. The van der Waals surface area contributed by atoms with Crippen molar-refractivity contribution in [3.05, 3.63) is 24.2 Å². The normalized spacial score (nSPS) is 46.1. The van der Waals surface area contributed by atoms with Crippen LogP contribution in [0.4, 0.5) is 5.69 Å². The molecule has 0 aliphatic carbocycles. The van der Waals surface area contributed by atoms with Crippen molar-refractivity contribution in [1.29, 1.82) is 0 Å². The van der Waals surface area contributed by atoms with Crippen LogP contribution in [0.25, 0.3) is 0 Å². The van der Waals surface area contributed by atoms with Gasteiger partial charge in [-0.1, -0.05) is 12.1 Å². The van der Waals surface area contributed by atoms with Gasteiger partial charge in [-0.2, -0.15) is 0 Å². The Bertz CT molecular complexity index is 1030. The van der Waals surface area contributed by atoms with E-state index in [0.29, 0.717) is 0 Å². The third-order valence-electron chi connectivity index (χ3n) is 3.80. The monoisotopic (exact) mass is 301 g/mol. The predicted molar refractivity (Wildman–Crippen MR) is 88.2 cm³/mol. The number of hydrogen-bond donors (Lipinski definition) is 0. The minimum atomic E-state index is -3.68. The molecule has 114 valence electrons. The van der Waals surface area contributed by atoms with Crippen molar-refractivity contribution in [3.63, 3.8) is 0 Å². The minimum absolute atomic E-state index is 0.127. The first-order valence-corrected chi connectivity index (χ1v) is 6.59. The van der Waals surface area contributed by atoms with Crippen molar-refractivity contribution in [2.75, 3.05) is 17.9 Å². The lowest BCUT2D eigenvalue weighted by atomic mass is 9.79. The average molecular weight is 301 g/mol. The fraction of sp³-hybridized carbons (Fsp3) is 0.647. The highest BCUT2D eigenvalue weighted by Gasteiger charge is 2.51. The summed E-state index contributed by atoms with van der Waals surface area (Å²) in [6.45, 7) is -0.576. The van der Waals surface area contributed by atoms with Gasteiger partial charge >= 0.3 is 7.12 Å². The van der Waals surface area contributed by atoms with Gasteiger partial charge in [0.1, 0.15) is 0 Å². The van der Waals surface area contributed by atoms with Gasteiger partial charge in [0.25, 0.3) is 0 Å². The van der Waals surface area contributed by atoms with E-state index in [2.05, 4.69) is 0 Å². The summed E-state index contributed by atoms with van der Waals surface area (Å²) in [7, 11) is -1.45. The third kappa shape index (κ3) is 2.84. The Balaban J connectivity index is 2.39. The van der Waals surface area contributed by atoms with E-state index in [4.69, 9.17) is 28.5 Å². The smallest absolute Gasteiger partial charge is 0.399 e. The van der Waals surface area contributed by atoms with Crippen LogP contribution in [0.2, 0.25) is 0 Å². The molecule has 2 fully saturated rings. The molecule has 0 spiro atoms. The Morgan fingerprint density at radius 3 is 2.33 bits per heavy atom. The molecule has 4 heteroatoms. The van der Waals surface area contributed by atoms with Gasteiger partial charge in [0, 0.05) is 32.4 Å². The second-order valence-electron chi connectivity index (χ2n) is 5.78. The first kappa shape index (κ1) is 5.57. The fourth-order valence-electron chi connectivity index (χ4n) is 1.88. The van der Waals surface area contributed by atoms with Gasteiger partial charge in [-0.05, 0) is 64.4 Å². The molecule has 2 aliphatic heterocycles. The lowest BCUT2D eigenvalue weighted by Crippen LogP contribution is -2.41. The summed E-state index contributed by atoms with van der Waals surface area (Å²) in [5, 5.41) is 0. The minimum Gasteiger partial charge on any atom is -0.399 e. The number of piperidine rings is 1. The molecule has 1 aromatic rings. The van der Waals surface area contributed by atoms with Gasteiger partial charge in [-0.15, -0.1) is 0 Å². The van der Waals surface area contributed by atoms with Gasteiger partial charge in [-0.25, -0.2) is 0 Å². The van der Waals surface area contributed by atoms with Crippen LogP contribution in [0.5, 0.6) is 0 Å². The number of anilines is 1. The highest BCUT2D eigenvalue weighted by atomic mass is 16.7. The summed E-state index contributed by atoms with van der Waals surface area (Å²) < 4.78 is 127. The van der Waals surface area contributed by atoms with Gasteiger partial charge < -0.3 is 14.2 Å². The SMILES string of the molecule is [2H]c1c([2H])c(B2OC(C)(C)C(C)(C)O2)c([2H])c(N2C([2H])([2H])C([2H])([2H])C([2H])([2H])C([2H])([2H])C2([2H])[2H])c1[2H]. The van der Waals surface area contributed by atoms with Gasteiger partial charge in [0.15, 0.2) is 0 Å². The van der Waals surface area contributed by atoms with Crippen LogP contribution in [0.15, 0.2) is 24.2 Å². The number of nitrogens with zero attached hydrogens (tertiary/aromatic N) is 1. The van der Waals surface area contributed by atoms with Crippen LogP contribution in [-0.2, 0) is 9.31 Å². The van der Waals surface area contributed by atoms with Crippen LogP contribution in [0.1, 0.15) is 66.0 Å². The second kappa shape index (κ2) is 5.33. The summed E-state index contributed by atoms with van der Waals surface area (Å²) in [5.74, 6) is 0. The van der Waals surface area contributed by atoms with Crippen molar-refractivity contribution >= 4 is 18.3 Å². The predicted octanol–water partition coefficient (Wildman–Crippen LogP) is 2.98. The van der Waals surface area contributed by atoms with Gasteiger partial charge in [-0.3, -0.25) is 0 Å². The summed E-state index contributed by atoms with van der Waals surface area (Å²) >= 11 is 0. The molecule has 0 saturated carbocycles. The maximum Gasteiger partial charge on any atom is 0.494 e. The summed E-state index contributed by atoms with van der Waals surface area (Å²) in [4.78, 5) is -0.127. The van der Waals surface area contributed by atoms with Gasteiger partial charge in [0.2, 0.25) is 0 Å². The van der Waals surface area contributed by atoms with Crippen molar-refractivity contribution < 1.29 is 28.5 Å². The zero-order chi connectivity index (χ0) is 27.5. The van der Waals surface area contributed by atoms with E-state index in [0.717, 1.165) is 0 Å². The molecule has 2 aliphatic rings. The molecule has 0 aromatic heterocycles. The van der Waals surface area contributed by atoms with E-state index in [1.807, 2.05) is 0 Å². The molecular formula is C17H26BNO2. The second-order valence-corrected chi connectivity index (χ2v) is 5.78. The molecule has 3 nitrogen and oxygen atoms in total. The topological polar surface area (TPSA) is 21.7 Å². The van der Waals surface area contributed by atoms with Crippen LogP contribution < -0.4 is 10.4 Å². The molecule has 0 bridgehead atoms. The summed E-state index contributed by atoms with van der Waals surface area (Å²) in [6.07, 6.45) is -11.0. The molecule has 0 amide bonds. The Hall–Kier alpha value is -0.995. The van der Waals surface area contributed by atoms with Crippen LogP contribution >= 0.6 is 0 Å². The molecule has 2 saturated heterocycles. The molecule has 21 heavy (non-hydrogen) atoms. The molecular weight excluding hydrogens is 261 g/mol. The zero-order valence-electron chi connectivity index (χ0n) is 26.3. The van der Waals surface area contributed by atoms with E-state index < -0.39 is 85.8 Å². The standard InChI is InChI=1S/C17H26BNO2/c1-16(2)17(3,4)21-18(20-16)14-9-8-10-15(13-14)19-11-6-5-7-12-19/h8-10,13H,5-7,11-12H2,1-4H3/i5D2,6D2,7D2,8D,9D,10D,11D2,12D2,13D. The Labute approximate surface area is 148 Å². The van der Waals surface area contributed by atoms with E-state index in [1.165, 1.54) is 0 Å². The van der Waals surface area contributed by atoms with Gasteiger partial charge in [0.05, 0.1) is 16.7 Å². The highest BCUT2D eigenvalue weighted by Crippen LogP contribution is 2.36. The summed E-state index contributed by atoms with van der Waals surface area (Å²) in [5.41, 5.74) is -3.38. The first-order chi connectivity index (χ1) is 15.3. The first-order valence-electron chi connectivity index (χ1n) is 13.6. The Kier molecular flexibility index (Phi) is 1.41. The lowest BCUT2D eigenvalue weighted by Gasteiger charge is -2.32. The van der Waals surface area contributed by atoms with Crippen LogP contribution in [0, 0.1) is 0 Å². The number of benzene rings is 1. The average Bonchev–Trinajstić information content (AvgIpc) is 2.88. The van der Waals surface area contributed by atoms with E-state index in [-0.39, 0.29) is 4.90 Å². The van der Waals surface area contributed by atoms with Crippen molar-refractivity contribution in [1.82, 2.24) is 0 Å². The molecule has 2 heterocycles. The zero-order valence-corrected chi connectivity index (χ0v) is 12.3. The fourth-order valence-corrected chi connectivity index (χ4v) is 1.88. The number of rotatable bonds is 2. The van der Waals surface area contributed by atoms with Crippen molar-refractivity contribution in [2.45, 2.75) is 58.0 Å². The Morgan fingerprint density at radius 1 is 1.10 bits per heavy atom. The third-order valence-corrected chi connectivity index (χ3v) is 3.80. The molecule has 0 unspecified atom stereocenters. The molecule has 1 aromatic carbocycles. The quantitative estimate of drug-likeness (QED) is 0.784. The Morgan fingerprint density at radius 2 is 1.71 bits per heavy atom. The van der Waals surface area contributed by atoms with Crippen LogP contribution in [0.3, 0.4) is 0 Å². The number of hydrogen-bond acceptors (Lipinski definition) is 3. The van der Waals surface area contributed by atoms with E-state index in [1.54, 1.807) is 27.7 Å².